The zero-order valence-electron chi connectivity index (χ0n) is 17.8. The standard InChI is InChI=1S/C19H30FN3O5S/c1-19(2,3)28-18(25)14-23(12-11-21(4)5)17(24)13-22(6)29(26,27)16-9-7-15(20)8-10-16/h7-10H,11-14H2,1-6H3. The summed E-state index contributed by atoms with van der Waals surface area (Å²) in [4.78, 5) is 27.9. The summed E-state index contributed by atoms with van der Waals surface area (Å²) in [5.74, 6) is -1.67. The molecule has 0 unspecified atom stereocenters. The van der Waals surface area contributed by atoms with E-state index in [1.54, 1.807) is 20.8 Å². The number of carbonyl (C=O) groups excluding carboxylic acids is 2. The molecule has 0 aliphatic heterocycles. The Kier molecular flexibility index (Phi) is 8.73. The minimum absolute atomic E-state index is 0.124. The zero-order chi connectivity index (χ0) is 22.4. The van der Waals surface area contributed by atoms with Gasteiger partial charge in [0.05, 0.1) is 11.4 Å². The van der Waals surface area contributed by atoms with E-state index in [1.807, 2.05) is 19.0 Å². The maximum atomic E-state index is 13.1. The first-order valence-electron chi connectivity index (χ1n) is 9.08. The van der Waals surface area contributed by atoms with Crippen LogP contribution in [0.1, 0.15) is 20.8 Å². The molecule has 0 spiro atoms. The summed E-state index contributed by atoms with van der Waals surface area (Å²) in [5, 5.41) is 0. The lowest BCUT2D eigenvalue weighted by Crippen LogP contribution is -2.46. The Morgan fingerprint density at radius 1 is 1.00 bits per heavy atom. The highest BCUT2D eigenvalue weighted by Gasteiger charge is 2.27. The van der Waals surface area contributed by atoms with E-state index >= 15 is 0 Å². The summed E-state index contributed by atoms with van der Waals surface area (Å²) < 4.78 is 44.4. The second-order valence-electron chi connectivity index (χ2n) is 7.92. The van der Waals surface area contributed by atoms with Gasteiger partial charge in [0.25, 0.3) is 0 Å². The van der Waals surface area contributed by atoms with Gasteiger partial charge in [-0.2, -0.15) is 4.31 Å². The van der Waals surface area contributed by atoms with Gasteiger partial charge < -0.3 is 14.5 Å². The molecule has 0 N–H and O–H groups in total. The van der Waals surface area contributed by atoms with Gasteiger partial charge in [0.1, 0.15) is 18.0 Å². The number of esters is 1. The van der Waals surface area contributed by atoms with Crippen molar-refractivity contribution in [2.24, 2.45) is 0 Å². The third-order valence-electron chi connectivity index (χ3n) is 3.79. The minimum Gasteiger partial charge on any atom is -0.459 e. The number of benzene rings is 1. The number of hydrogen-bond acceptors (Lipinski definition) is 6. The molecule has 0 bridgehead atoms. The molecule has 0 saturated carbocycles. The van der Waals surface area contributed by atoms with Crippen LogP contribution in [0.4, 0.5) is 4.39 Å². The molecule has 29 heavy (non-hydrogen) atoms. The zero-order valence-corrected chi connectivity index (χ0v) is 18.6. The summed E-state index contributed by atoms with van der Waals surface area (Å²) in [6, 6.07) is 4.34. The summed E-state index contributed by atoms with van der Waals surface area (Å²) >= 11 is 0. The minimum atomic E-state index is -3.98. The van der Waals surface area contributed by atoms with Crippen LogP contribution < -0.4 is 0 Å². The summed E-state index contributed by atoms with van der Waals surface area (Å²) in [5.41, 5.74) is -0.698. The van der Waals surface area contributed by atoms with Crippen LogP contribution in [0.15, 0.2) is 29.2 Å². The molecular formula is C19H30FN3O5S. The van der Waals surface area contributed by atoms with Crippen LogP contribution in [0.3, 0.4) is 0 Å². The Labute approximate surface area is 172 Å². The quantitative estimate of drug-likeness (QED) is 0.546. The smallest absolute Gasteiger partial charge is 0.326 e. The molecule has 0 heterocycles. The van der Waals surface area contributed by atoms with Crippen molar-refractivity contribution in [3.05, 3.63) is 30.1 Å². The van der Waals surface area contributed by atoms with E-state index in [9.17, 15) is 22.4 Å². The highest BCUT2D eigenvalue weighted by Crippen LogP contribution is 2.15. The molecule has 1 amide bonds. The van der Waals surface area contributed by atoms with Gasteiger partial charge in [-0.05, 0) is 59.1 Å². The summed E-state index contributed by atoms with van der Waals surface area (Å²) in [6.07, 6.45) is 0. The molecule has 164 valence electrons. The highest BCUT2D eigenvalue weighted by atomic mass is 32.2. The van der Waals surface area contributed by atoms with Crippen molar-refractivity contribution in [1.82, 2.24) is 14.1 Å². The van der Waals surface area contributed by atoms with Crippen molar-refractivity contribution in [3.8, 4) is 0 Å². The Hall–Kier alpha value is -2.04. The average Bonchev–Trinajstić information content (AvgIpc) is 2.56. The van der Waals surface area contributed by atoms with Crippen molar-refractivity contribution in [2.45, 2.75) is 31.3 Å². The van der Waals surface area contributed by atoms with Crippen LogP contribution in [0.5, 0.6) is 0 Å². The van der Waals surface area contributed by atoms with Gasteiger partial charge in [0, 0.05) is 20.1 Å². The van der Waals surface area contributed by atoms with Crippen LogP contribution in [0.25, 0.3) is 0 Å². The molecule has 0 saturated heterocycles. The molecule has 10 heteroatoms. The normalized spacial score (nSPS) is 12.3. The number of likely N-dealkylation sites (N-methyl/N-ethyl adjacent to an activating group) is 2. The first kappa shape index (κ1) is 25.0. The number of hydrogen-bond donors (Lipinski definition) is 0. The monoisotopic (exact) mass is 431 g/mol. The summed E-state index contributed by atoms with van der Waals surface area (Å²) in [7, 11) is 0.919. The van der Waals surface area contributed by atoms with Gasteiger partial charge >= 0.3 is 5.97 Å². The van der Waals surface area contributed by atoms with Crippen molar-refractivity contribution in [2.75, 3.05) is 47.3 Å². The van der Waals surface area contributed by atoms with Crippen molar-refractivity contribution in [1.29, 1.82) is 0 Å². The maximum absolute atomic E-state index is 13.1. The lowest BCUT2D eigenvalue weighted by atomic mass is 10.2. The Morgan fingerprint density at radius 3 is 2.03 bits per heavy atom. The van der Waals surface area contributed by atoms with E-state index in [4.69, 9.17) is 4.74 Å². The van der Waals surface area contributed by atoms with E-state index in [0.29, 0.717) is 6.54 Å². The average molecular weight is 432 g/mol. The molecular weight excluding hydrogens is 401 g/mol. The molecule has 1 rings (SSSR count). The van der Waals surface area contributed by atoms with Crippen molar-refractivity contribution >= 4 is 21.9 Å². The molecule has 0 aliphatic rings. The fourth-order valence-electron chi connectivity index (χ4n) is 2.30. The number of sulfonamides is 1. The lowest BCUT2D eigenvalue weighted by Gasteiger charge is -2.27. The van der Waals surface area contributed by atoms with Gasteiger partial charge in [-0.1, -0.05) is 0 Å². The molecule has 0 aliphatic carbocycles. The van der Waals surface area contributed by atoms with E-state index in [0.717, 1.165) is 28.6 Å². The number of carbonyl (C=O) groups is 2. The first-order valence-corrected chi connectivity index (χ1v) is 10.5. The van der Waals surface area contributed by atoms with Gasteiger partial charge in [0.15, 0.2) is 0 Å². The molecule has 0 atom stereocenters. The van der Waals surface area contributed by atoms with E-state index in [1.165, 1.54) is 11.9 Å². The molecule has 0 fully saturated rings. The van der Waals surface area contributed by atoms with Gasteiger partial charge in [-0.25, -0.2) is 12.8 Å². The maximum Gasteiger partial charge on any atom is 0.326 e. The first-order chi connectivity index (χ1) is 13.2. The van der Waals surface area contributed by atoms with E-state index in [-0.39, 0.29) is 18.0 Å². The number of halogens is 1. The third-order valence-corrected chi connectivity index (χ3v) is 5.61. The van der Waals surface area contributed by atoms with E-state index < -0.39 is 39.9 Å². The fraction of sp³-hybridized carbons (Fsp3) is 0.579. The van der Waals surface area contributed by atoms with Crippen LogP contribution in [-0.2, 0) is 24.3 Å². The van der Waals surface area contributed by atoms with Gasteiger partial charge in [-0.3, -0.25) is 9.59 Å². The third kappa shape index (κ3) is 8.46. The van der Waals surface area contributed by atoms with Crippen LogP contribution in [-0.4, -0.2) is 87.3 Å². The lowest BCUT2D eigenvalue weighted by molar-refractivity contribution is -0.159. The summed E-state index contributed by atoms with van der Waals surface area (Å²) in [6.45, 7) is 5.14. The number of amides is 1. The molecule has 0 aromatic heterocycles. The second-order valence-corrected chi connectivity index (χ2v) is 9.96. The largest absolute Gasteiger partial charge is 0.459 e. The molecule has 1 aromatic carbocycles. The number of ether oxygens (including phenoxy) is 1. The Bertz CT molecular complexity index is 804. The SMILES string of the molecule is CN(C)CCN(CC(=O)OC(C)(C)C)C(=O)CN(C)S(=O)(=O)c1ccc(F)cc1. The van der Waals surface area contributed by atoms with Crippen LogP contribution in [0, 0.1) is 5.82 Å². The van der Waals surface area contributed by atoms with Crippen molar-refractivity contribution < 1.29 is 27.1 Å². The van der Waals surface area contributed by atoms with E-state index in [2.05, 4.69) is 0 Å². The van der Waals surface area contributed by atoms with Gasteiger partial charge in [0.2, 0.25) is 15.9 Å². The molecule has 0 radical (unpaired) electrons. The number of rotatable bonds is 9. The van der Waals surface area contributed by atoms with Gasteiger partial charge in [-0.15, -0.1) is 0 Å². The molecule has 1 aromatic rings. The van der Waals surface area contributed by atoms with Crippen LogP contribution in [0.2, 0.25) is 0 Å². The van der Waals surface area contributed by atoms with Crippen LogP contribution >= 0.6 is 0 Å². The van der Waals surface area contributed by atoms with Crippen molar-refractivity contribution in [3.63, 3.8) is 0 Å². The highest BCUT2D eigenvalue weighted by molar-refractivity contribution is 7.89. The second kappa shape index (κ2) is 10.1. The number of nitrogens with zero attached hydrogens (tertiary/aromatic N) is 3. The fourth-order valence-corrected chi connectivity index (χ4v) is 3.42. The molecule has 8 nitrogen and oxygen atoms in total. The topological polar surface area (TPSA) is 87.2 Å². The predicted octanol–water partition coefficient (Wildman–Crippen LogP) is 1.18. The predicted molar refractivity (Wildman–Crippen MR) is 107 cm³/mol. The Morgan fingerprint density at radius 2 is 1.55 bits per heavy atom. The Balaban J connectivity index is 2.91.